The topological polar surface area (TPSA) is 88.6 Å². The highest BCUT2D eigenvalue weighted by atomic mass is 32.2. The van der Waals surface area contributed by atoms with Crippen molar-refractivity contribution in [3.8, 4) is 11.5 Å². The lowest BCUT2D eigenvalue weighted by molar-refractivity contribution is -0.119. The highest BCUT2D eigenvalue weighted by Crippen LogP contribution is 2.32. The molecule has 146 valence electrons. The Morgan fingerprint density at radius 2 is 2.00 bits per heavy atom. The molecule has 4 rings (SSSR count). The summed E-state index contributed by atoms with van der Waals surface area (Å²) in [6, 6.07) is 14.3. The Balaban J connectivity index is 1.51. The molecule has 0 bridgehead atoms. The number of hydrogen-bond donors (Lipinski definition) is 1. The minimum atomic E-state index is -3.41. The van der Waals surface area contributed by atoms with Crippen molar-refractivity contribution >= 4 is 42.6 Å². The fraction of sp³-hybridized carbons (Fsp3) is 0.263. The smallest absolute Gasteiger partial charge is 0.244 e. The lowest BCUT2D eigenvalue weighted by atomic mass is 10.2. The van der Waals surface area contributed by atoms with Crippen molar-refractivity contribution in [3.05, 3.63) is 48.5 Å². The fourth-order valence-corrected chi connectivity index (χ4v) is 5.26. The summed E-state index contributed by atoms with van der Waals surface area (Å²) in [5.41, 5.74) is 0.743. The van der Waals surface area contributed by atoms with E-state index >= 15 is 0 Å². The number of fused-ring (bicyclic) bond motifs is 1. The van der Waals surface area contributed by atoms with Gasteiger partial charge in [-0.15, -0.1) is 0 Å². The van der Waals surface area contributed by atoms with Gasteiger partial charge in [-0.1, -0.05) is 29.5 Å². The summed E-state index contributed by atoms with van der Waals surface area (Å²) in [5, 5.41) is 3.21. The van der Waals surface area contributed by atoms with Gasteiger partial charge in [-0.05, 0) is 37.1 Å². The number of hydrogen-bond acceptors (Lipinski definition) is 6. The van der Waals surface area contributed by atoms with E-state index in [0.717, 1.165) is 22.2 Å². The second-order valence-electron chi connectivity index (χ2n) is 6.58. The van der Waals surface area contributed by atoms with E-state index in [4.69, 9.17) is 4.74 Å². The Morgan fingerprint density at radius 1 is 1.21 bits per heavy atom. The summed E-state index contributed by atoms with van der Waals surface area (Å²) in [4.78, 5) is 17.0. The number of anilines is 1. The number of aromatic nitrogens is 1. The van der Waals surface area contributed by atoms with Crippen LogP contribution in [0.5, 0.6) is 11.5 Å². The quantitative estimate of drug-likeness (QED) is 0.687. The number of ether oxygens (including phenoxy) is 1. The number of carbonyl (C=O) groups excluding carboxylic acids is 1. The van der Waals surface area contributed by atoms with Gasteiger partial charge < -0.3 is 10.1 Å². The van der Waals surface area contributed by atoms with Crippen LogP contribution in [0.4, 0.5) is 5.13 Å². The average Bonchev–Trinajstić information content (AvgIpc) is 3.28. The summed E-state index contributed by atoms with van der Waals surface area (Å²) < 4.78 is 31.6. The molecule has 1 saturated heterocycles. The van der Waals surface area contributed by atoms with E-state index in [1.54, 1.807) is 0 Å². The zero-order chi connectivity index (χ0) is 19.7. The molecular weight excluding hydrogens is 398 g/mol. The predicted octanol–water partition coefficient (Wildman–Crippen LogP) is 3.45. The van der Waals surface area contributed by atoms with Crippen LogP contribution >= 0.6 is 11.3 Å². The first-order valence-corrected chi connectivity index (χ1v) is 11.5. The molecule has 9 heteroatoms. The average molecular weight is 418 g/mol. The maximum Gasteiger partial charge on any atom is 0.244 e. The monoisotopic (exact) mass is 417 g/mol. The van der Waals surface area contributed by atoms with E-state index in [-0.39, 0.29) is 5.91 Å². The number of amides is 1. The standard InChI is InChI=1S/C19H19N3O4S2/c1-28(24,25)22-11-5-8-16(22)18(23)21-19-20-15-10-9-14(12-17(15)27-19)26-13-6-3-2-4-7-13/h2-4,6-7,9-10,12,16H,5,8,11H2,1H3,(H,20,21,23). The lowest BCUT2D eigenvalue weighted by Gasteiger charge is -2.20. The minimum Gasteiger partial charge on any atom is -0.457 e. The molecule has 1 fully saturated rings. The van der Waals surface area contributed by atoms with Crippen LogP contribution in [0.25, 0.3) is 10.2 Å². The Kier molecular flexibility index (Phi) is 5.05. The number of thiazole rings is 1. The Labute approximate surface area is 167 Å². The molecule has 1 unspecified atom stereocenters. The Morgan fingerprint density at radius 3 is 2.75 bits per heavy atom. The molecule has 0 spiro atoms. The van der Waals surface area contributed by atoms with Gasteiger partial charge in [0.25, 0.3) is 0 Å². The molecule has 0 radical (unpaired) electrons. The van der Waals surface area contributed by atoms with Crippen LogP contribution in [0.2, 0.25) is 0 Å². The highest BCUT2D eigenvalue weighted by Gasteiger charge is 2.36. The van der Waals surface area contributed by atoms with Gasteiger partial charge in [0.15, 0.2) is 5.13 Å². The lowest BCUT2D eigenvalue weighted by Crippen LogP contribution is -2.42. The van der Waals surface area contributed by atoms with Gasteiger partial charge in [0.05, 0.1) is 16.5 Å². The van der Waals surface area contributed by atoms with Crippen molar-refractivity contribution in [2.24, 2.45) is 0 Å². The van der Waals surface area contributed by atoms with Gasteiger partial charge >= 0.3 is 0 Å². The van der Waals surface area contributed by atoms with Gasteiger partial charge in [0.2, 0.25) is 15.9 Å². The third kappa shape index (κ3) is 4.01. The second kappa shape index (κ2) is 7.50. The third-order valence-corrected chi connectivity index (χ3v) is 6.72. The Hall–Kier alpha value is -2.49. The number of rotatable bonds is 5. The molecule has 28 heavy (non-hydrogen) atoms. The maximum absolute atomic E-state index is 12.6. The van der Waals surface area contributed by atoms with E-state index in [9.17, 15) is 13.2 Å². The minimum absolute atomic E-state index is 0.345. The van der Waals surface area contributed by atoms with Crippen molar-refractivity contribution in [2.75, 3.05) is 18.1 Å². The van der Waals surface area contributed by atoms with Crippen LogP contribution in [0.15, 0.2) is 48.5 Å². The van der Waals surface area contributed by atoms with E-state index < -0.39 is 16.1 Å². The Bertz CT molecular complexity index is 1110. The molecule has 2 aromatic carbocycles. The van der Waals surface area contributed by atoms with Gasteiger partial charge in [0.1, 0.15) is 17.5 Å². The van der Waals surface area contributed by atoms with Gasteiger partial charge in [0, 0.05) is 12.6 Å². The van der Waals surface area contributed by atoms with Crippen molar-refractivity contribution in [1.29, 1.82) is 0 Å². The molecule has 2 heterocycles. The molecule has 0 saturated carbocycles. The number of sulfonamides is 1. The first-order chi connectivity index (χ1) is 13.4. The van der Waals surface area contributed by atoms with Crippen LogP contribution in [0, 0.1) is 0 Å². The van der Waals surface area contributed by atoms with Crippen LogP contribution < -0.4 is 10.1 Å². The number of nitrogens with zero attached hydrogens (tertiary/aromatic N) is 2. The molecule has 1 amide bonds. The van der Waals surface area contributed by atoms with E-state index in [0.29, 0.717) is 30.3 Å². The van der Waals surface area contributed by atoms with Crippen molar-refractivity contribution in [2.45, 2.75) is 18.9 Å². The SMILES string of the molecule is CS(=O)(=O)N1CCCC1C(=O)Nc1nc2ccc(Oc3ccccc3)cc2s1. The zero-order valence-electron chi connectivity index (χ0n) is 15.2. The van der Waals surface area contributed by atoms with E-state index in [1.807, 2.05) is 48.5 Å². The van der Waals surface area contributed by atoms with Gasteiger partial charge in [-0.2, -0.15) is 4.31 Å². The molecule has 0 aliphatic carbocycles. The van der Waals surface area contributed by atoms with Gasteiger partial charge in [-0.3, -0.25) is 4.79 Å². The molecule has 1 N–H and O–H groups in total. The van der Waals surface area contributed by atoms with E-state index in [1.165, 1.54) is 15.6 Å². The molecule has 1 aliphatic rings. The number of nitrogens with one attached hydrogen (secondary N) is 1. The molecule has 7 nitrogen and oxygen atoms in total. The predicted molar refractivity (Wildman–Crippen MR) is 109 cm³/mol. The van der Waals surface area contributed by atoms with Gasteiger partial charge in [-0.25, -0.2) is 13.4 Å². The van der Waals surface area contributed by atoms with Crippen LogP contribution in [-0.4, -0.2) is 42.5 Å². The molecule has 3 aromatic rings. The second-order valence-corrected chi connectivity index (χ2v) is 9.55. The van der Waals surface area contributed by atoms with Crippen molar-refractivity contribution < 1.29 is 17.9 Å². The summed E-state index contributed by atoms with van der Waals surface area (Å²) >= 11 is 1.33. The summed E-state index contributed by atoms with van der Waals surface area (Å²) in [5.74, 6) is 1.07. The van der Waals surface area contributed by atoms with E-state index in [2.05, 4.69) is 10.3 Å². The third-order valence-electron chi connectivity index (χ3n) is 4.50. The number of para-hydroxylation sites is 1. The zero-order valence-corrected chi connectivity index (χ0v) is 16.8. The molecule has 1 atom stereocenters. The fourth-order valence-electron chi connectivity index (χ4n) is 3.23. The first kappa shape index (κ1) is 18.9. The largest absolute Gasteiger partial charge is 0.457 e. The van der Waals surface area contributed by atoms with Crippen molar-refractivity contribution in [1.82, 2.24) is 9.29 Å². The summed E-state index contributed by atoms with van der Waals surface area (Å²) in [6.07, 6.45) is 2.31. The summed E-state index contributed by atoms with van der Waals surface area (Å²) in [7, 11) is -3.41. The summed E-state index contributed by atoms with van der Waals surface area (Å²) in [6.45, 7) is 0.372. The number of carbonyl (C=O) groups is 1. The molecule has 1 aliphatic heterocycles. The van der Waals surface area contributed by atoms with Crippen LogP contribution in [0.3, 0.4) is 0 Å². The normalized spacial score (nSPS) is 17.7. The van der Waals surface area contributed by atoms with Crippen LogP contribution in [-0.2, 0) is 14.8 Å². The number of benzene rings is 2. The van der Waals surface area contributed by atoms with Crippen LogP contribution in [0.1, 0.15) is 12.8 Å². The molecular formula is C19H19N3O4S2. The van der Waals surface area contributed by atoms with Crippen molar-refractivity contribution in [3.63, 3.8) is 0 Å². The molecule has 1 aromatic heterocycles. The highest BCUT2D eigenvalue weighted by molar-refractivity contribution is 7.88. The maximum atomic E-state index is 12.6. The first-order valence-electron chi connectivity index (χ1n) is 8.81.